The first-order chi connectivity index (χ1) is 8.53. The average molecular weight is 246 g/mol. The van der Waals surface area contributed by atoms with Gasteiger partial charge < -0.3 is 10.6 Å². The molecule has 18 heavy (non-hydrogen) atoms. The average Bonchev–Trinajstić information content (AvgIpc) is 2.34. The van der Waals surface area contributed by atoms with Gasteiger partial charge in [0.1, 0.15) is 0 Å². The number of hydrogen-bond donors (Lipinski definition) is 2. The van der Waals surface area contributed by atoms with Crippen LogP contribution in [-0.4, -0.2) is 19.0 Å². The maximum Gasteiger partial charge on any atom is 0.230 e. The van der Waals surface area contributed by atoms with Crippen LogP contribution in [-0.2, 0) is 4.79 Å². The molecule has 1 heterocycles. The molecule has 0 spiro atoms. The van der Waals surface area contributed by atoms with Crippen molar-refractivity contribution in [1.82, 2.24) is 5.32 Å². The zero-order chi connectivity index (χ0) is 13.2. The molecule has 0 radical (unpaired) electrons. The van der Waals surface area contributed by atoms with Gasteiger partial charge in [0.25, 0.3) is 0 Å². The Kier molecular flexibility index (Phi) is 3.71. The number of anilines is 1. The van der Waals surface area contributed by atoms with Gasteiger partial charge in [-0.2, -0.15) is 0 Å². The van der Waals surface area contributed by atoms with E-state index in [4.69, 9.17) is 0 Å². The maximum atomic E-state index is 12.5. The van der Waals surface area contributed by atoms with E-state index >= 15 is 0 Å². The first kappa shape index (κ1) is 13.1. The molecule has 0 saturated carbocycles. The lowest BCUT2D eigenvalue weighted by Gasteiger charge is -2.33. The number of piperidine rings is 1. The minimum absolute atomic E-state index is 0.154. The quantitative estimate of drug-likeness (QED) is 0.842. The lowest BCUT2D eigenvalue weighted by atomic mass is 9.80. The topological polar surface area (TPSA) is 41.1 Å². The van der Waals surface area contributed by atoms with E-state index < -0.39 is 0 Å². The van der Waals surface area contributed by atoms with Crippen molar-refractivity contribution >= 4 is 11.6 Å². The summed E-state index contributed by atoms with van der Waals surface area (Å²) in [6.07, 6.45) is 1.81. The van der Waals surface area contributed by atoms with Gasteiger partial charge >= 0.3 is 0 Å². The molecule has 1 aliphatic rings. The third-order valence-electron chi connectivity index (χ3n) is 3.97. The predicted molar refractivity (Wildman–Crippen MR) is 74.8 cm³/mol. The number of rotatable bonds is 2. The second-order valence-electron chi connectivity index (χ2n) is 5.53. The molecule has 1 aliphatic heterocycles. The summed E-state index contributed by atoms with van der Waals surface area (Å²) in [6, 6.07) is 6.09. The largest absolute Gasteiger partial charge is 0.325 e. The monoisotopic (exact) mass is 246 g/mol. The molecule has 1 saturated heterocycles. The number of amides is 1. The Morgan fingerprint density at radius 2 is 1.78 bits per heavy atom. The Bertz CT molecular complexity index is 428. The van der Waals surface area contributed by atoms with E-state index in [0.717, 1.165) is 42.7 Å². The summed E-state index contributed by atoms with van der Waals surface area (Å²) in [6.45, 7) is 7.99. The number of benzene rings is 1. The third kappa shape index (κ3) is 2.56. The van der Waals surface area contributed by atoms with Gasteiger partial charge in [0.05, 0.1) is 0 Å². The molecular formula is C15H22N2O. The van der Waals surface area contributed by atoms with Crippen LogP contribution in [0.2, 0.25) is 0 Å². The second kappa shape index (κ2) is 5.11. The van der Waals surface area contributed by atoms with Crippen LogP contribution in [0.4, 0.5) is 5.69 Å². The zero-order valence-electron chi connectivity index (χ0n) is 11.5. The van der Waals surface area contributed by atoms with Gasteiger partial charge in [-0.1, -0.05) is 25.1 Å². The molecule has 3 heteroatoms. The molecule has 0 unspecified atom stereocenters. The SMILES string of the molecule is Cc1cccc(C)c1NC(=O)C1(C)CCNCC1. The molecule has 98 valence electrons. The van der Waals surface area contributed by atoms with E-state index in [1.807, 2.05) is 32.0 Å². The minimum Gasteiger partial charge on any atom is -0.325 e. The van der Waals surface area contributed by atoms with Crippen LogP contribution in [0.5, 0.6) is 0 Å². The van der Waals surface area contributed by atoms with Gasteiger partial charge in [-0.3, -0.25) is 4.79 Å². The molecule has 1 amide bonds. The van der Waals surface area contributed by atoms with E-state index in [-0.39, 0.29) is 11.3 Å². The van der Waals surface area contributed by atoms with E-state index in [1.165, 1.54) is 0 Å². The Morgan fingerprint density at radius 1 is 1.22 bits per heavy atom. The Morgan fingerprint density at radius 3 is 2.33 bits per heavy atom. The van der Waals surface area contributed by atoms with Crippen molar-refractivity contribution in [2.75, 3.05) is 18.4 Å². The fourth-order valence-electron chi connectivity index (χ4n) is 2.48. The fourth-order valence-corrected chi connectivity index (χ4v) is 2.48. The van der Waals surface area contributed by atoms with Crippen molar-refractivity contribution in [2.24, 2.45) is 5.41 Å². The van der Waals surface area contributed by atoms with E-state index in [2.05, 4.69) is 17.6 Å². The van der Waals surface area contributed by atoms with Crippen molar-refractivity contribution in [2.45, 2.75) is 33.6 Å². The molecule has 0 aliphatic carbocycles. The highest BCUT2D eigenvalue weighted by Crippen LogP contribution is 2.30. The summed E-state index contributed by atoms with van der Waals surface area (Å²) >= 11 is 0. The first-order valence-electron chi connectivity index (χ1n) is 6.61. The number of carbonyl (C=O) groups is 1. The summed E-state index contributed by atoms with van der Waals surface area (Å²) in [5, 5.41) is 6.42. The van der Waals surface area contributed by atoms with E-state index in [1.54, 1.807) is 0 Å². The van der Waals surface area contributed by atoms with Crippen molar-refractivity contribution < 1.29 is 4.79 Å². The minimum atomic E-state index is -0.236. The first-order valence-corrected chi connectivity index (χ1v) is 6.61. The second-order valence-corrected chi connectivity index (χ2v) is 5.53. The van der Waals surface area contributed by atoms with Gasteiger partial charge in [0, 0.05) is 11.1 Å². The molecule has 0 bridgehead atoms. The lowest BCUT2D eigenvalue weighted by Crippen LogP contribution is -2.43. The van der Waals surface area contributed by atoms with Gasteiger partial charge in [0.2, 0.25) is 5.91 Å². The van der Waals surface area contributed by atoms with Crippen molar-refractivity contribution in [3.8, 4) is 0 Å². The number of hydrogen-bond acceptors (Lipinski definition) is 2. The molecule has 1 aromatic carbocycles. The van der Waals surface area contributed by atoms with Crippen LogP contribution in [0, 0.1) is 19.3 Å². The highest BCUT2D eigenvalue weighted by atomic mass is 16.2. The Hall–Kier alpha value is -1.35. The van der Waals surface area contributed by atoms with Crippen molar-refractivity contribution in [3.05, 3.63) is 29.3 Å². The molecule has 2 rings (SSSR count). The Labute approximate surface area is 109 Å². The standard InChI is InChI=1S/C15H22N2O/c1-11-5-4-6-12(2)13(11)17-14(18)15(3)7-9-16-10-8-15/h4-6,16H,7-10H2,1-3H3,(H,17,18). The number of para-hydroxylation sites is 1. The molecule has 3 nitrogen and oxygen atoms in total. The summed E-state index contributed by atoms with van der Waals surface area (Å²) in [7, 11) is 0. The number of aryl methyl sites for hydroxylation is 2. The summed E-state index contributed by atoms with van der Waals surface area (Å²) in [5.74, 6) is 0.154. The molecular weight excluding hydrogens is 224 g/mol. The fraction of sp³-hybridized carbons (Fsp3) is 0.533. The van der Waals surface area contributed by atoms with Crippen LogP contribution < -0.4 is 10.6 Å². The maximum absolute atomic E-state index is 12.5. The van der Waals surface area contributed by atoms with Crippen LogP contribution in [0.25, 0.3) is 0 Å². The van der Waals surface area contributed by atoms with Crippen LogP contribution >= 0.6 is 0 Å². The van der Waals surface area contributed by atoms with E-state index in [0.29, 0.717) is 0 Å². The van der Waals surface area contributed by atoms with E-state index in [9.17, 15) is 4.79 Å². The van der Waals surface area contributed by atoms with Crippen molar-refractivity contribution in [3.63, 3.8) is 0 Å². The molecule has 1 fully saturated rings. The number of carbonyl (C=O) groups excluding carboxylic acids is 1. The lowest BCUT2D eigenvalue weighted by molar-refractivity contribution is -0.126. The van der Waals surface area contributed by atoms with Gasteiger partial charge in [-0.15, -0.1) is 0 Å². The third-order valence-corrected chi connectivity index (χ3v) is 3.97. The smallest absolute Gasteiger partial charge is 0.230 e. The van der Waals surface area contributed by atoms with Gasteiger partial charge in [-0.05, 0) is 50.9 Å². The normalized spacial score (nSPS) is 18.4. The summed E-state index contributed by atoms with van der Waals surface area (Å²) in [5.41, 5.74) is 2.99. The molecule has 2 N–H and O–H groups in total. The number of nitrogens with one attached hydrogen (secondary N) is 2. The van der Waals surface area contributed by atoms with Crippen LogP contribution in [0.1, 0.15) is 30.9 Å². The summed E-state index contributed by atoms with van der Waals surface area (Å²) in [4.78, 5) is 12.5. The molecule has 1 aromatic rings. The zero-order valence-corrected chi connectivity index (χ0v) is 11.5. The Balaban J connectivity index is 2.16. The van der Waals surface area contributed by atoms with Crippen LogP contribution in [0.15, 0.2) is 18.2 Å². The molecule has 0 atom stereocenters. The van der Waals surface area contributed by atoms with Crippen LogP contribution in [0.3, 0.4) is 0 Å². The predicted octanol–water partition coefficient (Wildman–Crippen LogP) is 2.63. The van der Waals surface area contributed by atoms with Gasteiger partial charge in [0.15, 0.2) is 0 Å². The highest BCUT2D eigenvalue weighted by Gasteiger charge is 2.34. The summed E-state index contributed by atoms with van der Waals surface area (Å²) < 4.78 is 0. The van der Waals surface area contributed by atoms with Crippen molar-refractivity contribution in [1.29, 1.82) is 0 Å². The molecule has 0 aromatic heterocycles. The highest BCUT2D eigenvalue weighted by molar-refractivity contribution is 5.96. The van der Waals surface area contributed by atoms with Gasteiger partial charge in [-0.25, -0.2) is 0 Å².